The van der Waals surface area contributed by atoms with Crippen molar-refractivity contribution in [1.29, 1.82) is 0 Å². The highest BCUT2D eigenvalue weighted by Crippen LogP contribution is 2.12. The minimum Gasteiger partial charge on any atom is -0.328 e. The molecule has 92 valence electrons. The summed E-state index contributed by atoms with van der Waals surface area (Å²) in [6.07, 6.45) is 3.56. The van der Waals surface area contributed by atoms with E-state index in [0.717, 1.165) is 22.7 Å². The van der Waals surface area contributed by atoms with Crippen LogP contribution in [-0.2, 0) is 20.1 Å². The van der Waals surface area contributed by atoms with E-state index in [1.54, 1.807) is 10.9 Å². The average Bonchev–Trinajstić information content (AvgIpc) is 2.97. The molecule has 0 spiro atoms. The fraction of sp³-hybridized carbons (Fsp3) is 0.273. The third-order valence-electron chi connectivity index (χ3n) is 2.85. The molecule has 2 N–H and O–H groups in total. The van der Waals surface area contributed by atoms with Crippen LogP contribution in [0.2, 0.25) is 0 Å². The van der Waals surface area contributed by atoms with Gasteiger partial charge >= 0.3 is 0 Å². The summed E-state index contributed by atoms with van der Waals surface area (Å²) < 4.78 is 3.73. The lowest BCUT2D eigenvalue weighted by atomic mass is 10.4. The number of nitrogens with two attached hydrogens (primary N) is 1. The molecule has 3 aromatic rings. The Balaban J connectivity index is 1.97. The Morgan fingerprint density at radius 2 is 2.28 bits per heavy atom. The number of rotatable bonds is 3. The second kappa shape index (κ2) is 4.19. The van der Waals surface area contributed by atoms with Crippen LogP contribution >= 0.6 is 0 Å². The second-order valence-electron chi connectivity index (χ2n) is 4.04. The predicted octanol–water partition coefficient (Wildman–Crippen LogP) is 0.0668. The lowest BCUT2D eigenvalue weighted by Gasteiger charge is -2.01. The third-order valence-corrected chi connectivity index (χ3v) is 2.85. The van der Waals surface area contributed by atoms with Gasteiger partial charge in [-0.05, 0) is 12.1 Å². The summed E-state index contributed by atoms with van der Waals surface area (Å²) in [5.41, 5.74) is 8.02. The molecule has 0 radical (unpaired) electrons. The highest BCUT2D eigenvalue weighted by Gasteiger charge is 2.09. The summed E-state index contributed by atoms with van der Waals surface area (Å²) in [4.78, 5) is 8.70. The zero-order chi connectivity index (χ0) is 12.5. The molecule has 0 bridgehead atoms. The fourth-order valence-electron chi connectivity index (χ4n) is 1.87. The van der Waals surface area contributed by atoms with Crippen LogP contribution in [0.15, 0.2) is 24.5 Å². The van der Waals surface area contributed by atoms with Gasteiger partial charge in [0.15, 0.2) is 5.65 Å². The van der Waals surface area contributed by atoms with Crippen molar-refractivity contribution < 1.29 is 0 Å². The number of hydrogen-bond donors (Lipinski definition) is 1. The molecule has 0 aliphatic carbocycles. The summed E-state index contributed by atoms with van der Waals surface area (Å²) in [6, 6.07) is 3.89. The molecule has 0 saturated carbocycles. The van der Waals surface area contributed by atoms with E-state index in [9.17, 15) is 0 Å². The van der Waals surface area contributed by atoms with Gasteiger partial charge in [-0.1, -0.05) is 5.21 Å². The highest BCUT2D eigenvalue weighted by atomic mass is 15.4. The molecule has 3 heterocycles. The molecule has 0 aliphatic heterocycles. The van der Waals surface area contributed by atoms with Crippen molar-refractivity contribution in [1.82, 2.24) is 29.5 Å². The zero-order valence-electron chi connectivity index (χ0n) is 9.98. The highest BCUT2D eigenvalue weighted by molar-refractivity contribution is 5.71. The van der Waals surface area contributed by atoms with Gasteiger partial charge in [0.05, 0.1) is 17.4 Å². The van der Waals surface area contributed by atoms with Crippen molar-refractivity contribution in [3.05, 3.63) is 36.0 Å². The van der Waals surface area contributed by atoms with Gasteiger partial charge in [0.2, 0.25) is 0 Å². The Morgan fingerprint density at radius 1 is 1.39 bits per heavy atom. The fourth-order valence-corrected chi connectivity index (χ4v) is 1.87. The van der Waals surface area contributed by atoms with Crippen molar-refractivity contribution in [2.75, 3.05) is 0 Å². The maximum Gasteiger partial charge on any atom is 0.177 e. The first-order valence-corrected chi connectivity index (χ1v) is 5.63. The average molecular weight is 243 g/mol. The Kier molecular flexibility index (Phi) is 2.52. The molecular formula is C11H13N7. The standard InChI is InChI=1S/C11H13N7/c1-17-9-3-2-4-13-11(9)14-10(17)7-18-6-8(5-12)15-16-18/h2-4,6H,5,7,12H2,1H3. The molecule has 3 rings (SSSR count). The van der Waals surface area contributed by atoms with Crippen LogP contribution in [0, 0.1) is 0 Å². The number of pyridine rings is 1. The van der Waals surface area contributed by atoms with Crippen molar-refractivity contribution >= 4 is 11.2 Å². The van der Waals surface area contributed by atoms with E-state index in [0.29, 0.717) is 13.1 Å². The quantitative estimate of drug-likeness (QED) is 0.703. The second-order valence-corrected chi connectivity index (χ2v) is 4.04. The molecule has 7 nitrogen and oxygen atoms in total. The smallest absolute Gasteiger partial charge is 0.177 e. The summed E-state index contributed by atoms with van der Waals surface area (Å²) in [5.74, 6) is 0.886. The van der Waals surface area contributed by atoms with E-state index in [2.05, 4.69) is 20.3 Å². The van der Waals surface area contributed by atoms with Crippen molar-refractivity contribution in [3.63, 3.8) is 0 Å². The molecule has 0 saturated heterocycles. The van der Waals surface area contributed by atoms with Crippen LogP contribution in [0.1, 0.15) is 11.5 Å². The van der Waals surface area contributed by atoms with Gasteiger partial charge in [-0.2, -0.15) is 0 Å². The van der Waals surface area contributed by atoms with Crippen LogP contribution in [0.25, 0.3) is 11.2 Å². The number of imidazole rings is 1. The van der Waals surface area contributed by atoms with Crippen molar-refractivity contribution in [3.8, 4) is 0 Å². The zero-order valence-corrected chi connectivity index (χ0v) is 9.98. The molecule has 0 fully saturated rings. The summed E-state index contributed by atoms with van der Waals surface area (Å²) in [5, 5.41) is 7.96. The monoisotopic (exact) mass is 243 g/mol. The number of hydrogen-bond acceptors (Lipinski definition) is 5. The Labute approximate surface area is 103 Å². The van der Waals surface area contributed by atoms with E-state index < -0.39 is 0 Å². The number of nitrogens with zero attached hydrogens (tertiary/aromatic N) is 6. The van der Waals surface area contributed by atoms with E-state index in [1.807, 2.05) is 29.9 Å². The molecule has 0 aliphatic rings. The Morgan fingerprint density at radius 3 is 3.00 bits per heavy atom. The minimum absolute atomic E-state index is 0.393. The van der Waals surface area contributed by atoms with Crippen molar-refractivity contribution in [2.45, 2.75) is 13.1 Å². The van der Waals surface area contributed by atoms with Gasteiger partial charge in [0.1, 0.15) is 12.4 Å². The summed E-state index contributed by atoms with van der Waals surface area (Å²) >= 11 is 0. The maximum absolute atomic E-state index is 5.50. The Hall–Kier alpha value is -2.28. The summed E-state index contributed by atoms with van der Waals surface area (Å²) in [7, 11) is 1.97. The van der Waals surface area contributed by atoms with Gasteiger partial charge < -0.3 is 10.3 Å². The van der Waals surface area contributed by atoms with E-state index in [-0.39, 0.29) is 0 Å². The van der Waals surface area contributed by atoms with Crippen LogP contribution < -0.4 is 5.73 Å². The normalized spacial score (nSPS) is 11.2. The maximum atomic E-state index is 5.50. The van der Waals surface area contributed by atoms with Gasteiger partial charge in [0.25, 0.3) is 0 Å². The van der Waals surface area contributed by atoms with Crippen LogP contribution in [0.4, 0.5) is 0 Å². The number of fused-ring (bicyclic) bond motifs is 1. The van der Waals surface area contributed by atoms with Gasteiger partial charge in [0, 0.05) is 19.8 Å². The molecule has 18 heavy (non-hydrogen) atoms. The largest absolute Gasteiger partial charge is 0.328 e. The SMILES string of the molecule is Cn1c(Cn2cc(CN)nn2)nc2ncccc21. The van der Waals surface area contributed by atoms with Gasteiger partial charge in [-0.25, -0.2) is 14.6 Å². The van der Waals surface area contributed by atoms with Crippen molar-refractivity contribution in [2.24, 2.45) is 12.8 Å². The molecule has 0 aromatic carbocycles. The topological polar surface area (TPSA) is 87.4 Å². The first kappa shape index (κ1) is 10.8. The van der Waals surface area contributed by atoms with E-state index in [4.69, 9.17) is 5.73 Å². The molecular weight excluding hydrogens is 230 g/mol. The molecule has 0 atom stereocenters. The number of aromatic nitrogens is 6. The Bertz CT molecular complexity index is 682. The van der Waals surface area contributed by atoms with Crippen LogP contribution in [0.3, 0.4) is 0 Å². The van der Waals surface area contributed by atoms with Crippen LogP contribution in [0.5, 0.6) is 0 Å². The van der Waals surface area contributed by atoms with Gasteiger partial charge in [-0.15, -0.1) is 5.10 Å². The molecule has 7 heteroatoms. The molecule has 3 aromatic heterocycles. The minimum atomic E-state index is 0.393. The lowest BCUT2D eigenvalue weighted by Crippen LogP contribution is -2.06. The molecule has 0 unspecified atom stereocenters. The summed E-state index contributed by atoms with van der Waals surface area (Å²) in [6.45, 7) is 0.948. The predicted molar refractivity (Wildman–Crippen MR) is 65.5 cm³/mol. The molecule has 0 amide bonds. The van der Waals surface area contributed by atoms with E-state index >= 15 is 0 Å². The van der Waals surface area contributed by atoms with Crippen LogP contribution in [-0.4, -0.2) is 29.5 Å². The third kappa shape index (κ3) is 1.74. The lowest BCUT2D eigenvalue weighted by molar-refractivity contribution is 0.610. The number of aryl methyl sites for hydroxylation is 1. The first-order valence-electron chi connectivity index (χ1n) is 5.63. The van der Waals surface area contributed by atoms with E-state index in [1.165, 1.54) is 0 Å². The van der Waals surface area contributed by atoms with Gasteiger partial charge in [-0.3, -0.25) is 0 Å². The first-order chi connectivity index (χ1) is 8.78.